The molecule has 1 aliphatic rings. The van der Waals surface area contributed by atoms with E-state index in [0.29, 0.717) is 12.1 Å². The highest BCUT2D eigenvalue weighted by atomic mass is 35.5. The third-order valence-electron chi connectivity index (χ3n) is 2.93. The van der Waals surface area contributed by atoms with Crippen molar-refractivity contribution in [3.63, 3.8) is 0 Å². The van der Waals surface area contributed by atoms with Gasteiger partial charge in [0.2, 0.25) is 0 Å². The zero-order valence-corrected chi connectivity index (χ0v) is 9.23. The monoisotopic (exact) mass is 210 g/mol. The molecule has 3 heteroatoms. The van der Waals surface area contributed by atoms with Crippen LogP contribution >= 0.6 is 11.6 Å². The fourth-order valence-electron chi connectivity index (χ4n) is 1.88. The third kappa shape index (κ3) is 1.60. The maximum Gasteiger partial charge on any atom is 0.0640 e. The predicted molar refractivity (Wildman–Crippen MR) is 61.1 cm³/mol. The van der Waals surface area contributed by atoms with E-state index in [1.54, 1.807) is 0 Å². The van der Waals surface area contributed by atoms with Crippen LogP contribution < -0.4 is 10.6 Å². The van der Waals surface area contributed by atoms with Crippen molar-refractivity contribution in [2.45, 2.75) is 25.4 Å². The molecule has 2 unspecified atom stereocenters. The van der Waals surface area contributed by atoms with Crippen molar-refractivity contribution >= 4 is 17.3 Å². The molecular formula is C11H15ClN2. The van der Waals surface area contributed by atoms with E-state index in [1.165, 1.54) is 5.56 Å². The summed E-state index contributed by atoms with van der Waals surface area (Å²) >= 11 is 6.10. The van der Waals surface area contributed by atoms with Crippen LogP contribution in [-0.2, 0) is 6.42 Å². The quantitative estimate of drug-likeness (QED) is 0.783. The van der Waals surface area contributed by atoms with E-state index in [1.807, 2.05) is 19.2 Å². The van der Waals surface area contributed by atoms with Crippen molar-refractivity contribution in [1.82, 2.24) is 5.32 Å². The average molecular weight is 211 g/mol. The molecule has 0 saturated heterocycles. The van der Waals surface area contributed by atoms with Gasteiger partial charge in [-0.15, -0.1) is 0 Å². The van der Waals surface area contributed by atoms with Crippen LogP contribution in [0.25, 0.3) is 0 Å². The molecule has 0 spiro atoms. The largest absolute Gasteiger partial charge is 0.379 e. The molecule has 1 aliphatic heterocycles. The highest BCUT2D eigenvalue weighted by Gasteiger charge is 2.25. The summed E-state index contributed by atoms with van der Waals surface area (Å²) in [5.74, 6) is 0. The topological polar surface area (TPSA) is 24.1 Å². The number of likely N-dealkylation sites (N-methyl/N-ethyl adjacent to an activating group) is 1. The minimum atomic E-state index is 0.454. The van der Waals surface area contributed by atoms with Gasteiger partial charge in [0.25, 0.3) is 0 Å². The van der Waals surface area contributed by atoms with Crippen molar-refractivity contribution in [3.05, 3.63) is 28.8 Å². The third-order valence-corrected chi connectivity index (χ3v) is 3.24. The van der Waals surface area contributed by atoms with Gasteiger partial charge in [-0.3, -0.25) is 0 Å². The molecule has 0 aliphatic carbocycles. The summed E-state index contributed by atoms with van der Waals surface area (Å²) in [6.45, 7) is 2.18. The van der Waals surface area contributed by atoms with Crippen molar-refractivity contribution in [1.29, 1.82) is 0 Å². The first-order valence-corrected chi connectivity index (χ1v) is 5.31. The highest BCUT2D eigenvalue weighted by Crippen LogP contribution is 2.33. The van der Waals surface area contributed by atoms with Crippen LogP contribution in [-0.4, -0.2) is 19.1 Å². The fourth-order valence-corrected chi connectivity index (χ4v) is 2.13. The van der Waals surface area contributed by atoms with Crippen molar-refractivity contribution in [2.24, 2.45) is 0 Å². The Morgan fingerprint density at radius 3 is 3.00 bits per heavy atom. The Labute approximate surface area is 89.7 Å². The number of halogens is 1. The van der Waals surface area contributed by atoms with Crippen LogP contribution in [0.4, 0.5) is 5.69 Å². The first kappa shape index (κ1) is 9.81. The average Bonchev–Trinajstić information content (AvgIpc) is 2.62. The lowest BCUT2D eigenvalue weighted by atomic mass is 10.1. The normalized spacial score (nSPS) is 21.5. The molecule has 14 heavy (non-hydrogen) atoms. The van der Waals surface area contributed by atoms with E-state index < -0.39 is 0 Å². The molecule has 2 atom stereocenters. The van der Waals surface area contributed by atoms with Gasteiger partial charge < -0.3 is 10.6 Å². The number of hydrogen-bond acceptors (Lipinski definition) is 2. The molecule has 1 aromatic rings. The number of hydrogen-bond donors (Lipinski definition) is 2. The second-order valence-electron chi connectivity index (χ2n) is 3.81. The van der Waals surface area contributed by atoms with E-state index >= 15 is 0 Å². The van der Waals surface area contributed by atoms with Gasteiger partial charge in [-0.25, -0.2) is 0 Å². The van der Waals surface area contributed by atoms with Crippen LogP contribution in [0.2, 0.25) is 5.02 Å². The summed E-state index contributed by atoms with van der Waals surface area (Å²) in [5, 5.41) is 7.54. The Hall–Kier alpha value is -0.730. The standard InChI is InChI=1S/C11H15ClN2/c1-7(13-2)10-6-8-4-3-5-9(12)11(8)14-10/h3-5,7,10,13-14H,6H2,1-2H3. The Balaban J connectivity index is 2.22. The minimum Gasteiger partial charge on any atom is -0.379 e. The van der Waals surface area contributed by atoms with Gasteiger partial charge in [0, 0.05) is 12.1 Å². The molecule has 1 heterocycles. The summed E-state index contributed by atoms with van der Waals surface area (Å²) in [7, 11) is 1.98. The van der Waals surface area contributed by atoms with Gasteiger partial charge in [-0.2, -0.15) is 0 Å². The predicted octanol–water partition coefficient (Wildman–Crippen LogP) is 2.28. The Bertz CT molecular complexity index is 338. The van der Waals surface area contributed by atoms with Crippen molar-refractivity contribution in [3.8, 4) is 0 Å². The van der Waals surface area contributed by atoms with Gasteiger partial charge in [-0.05, 0) is 32.0 Å². The van der Waals surface area contributed by atoms with E-state index in [2.05, 4.69) is 23.6 Å². The van der Waals surface area contributed by atoms with E-state index in [-0.39, 0.29) is 0 Å². The van der Waals surface area contributed by atoms with E-state index in [9.17, 15) is 0 Å². The zero-order chi connectivity index (χ0) is 10.1. The number of rotatable bonds is 2. The number of anilines is 1. The first-order chi connectivity index (χ1) is 6.72. The Morgan fingerprint density at radius 2 is 2.36 bits per heavy atom. The number of para-hydroxylation sites is 1. The second kappa shape index (κ2) is 3.79. The maximum atomic E-state index is 6.10. The van der Waals surface area contributed by atoms with Gasteiger partial charge in [0.15, 0.2) is 0 Å². The second-order valence-corrected chi connectivity index (χ2v) is 4.21. The fraction of sp³-hybridized carbons (Fsp3) is 0.455. The summed E-state index contributed by atoms with van der Waals surface area (Å²) in [6, 6.07) is 6.99. The summed E-state index contributed by atoms with van der Waals surface area (Å²) < 4.78 is 0. The number of nitrogens with one attached hydrogen (secondary N) is 2. The van der Waals surface area contributed by atoms with Crippen LogP contribution in [0, 0.1) is 0 Å². The molecule has 0 bridgehead atoms. The smallest absolute Gasteiger partial charge is 0.0640 e. The molecule has 0 fully saturated rings. The minimum absolute atomic E-state index is 0.454. The van der Waals surface area contributed by atoms with E-state index in [0.717, 1.165) is 17.1 Å². The molecule has 1 aromatic carbocycles. The Kier molecular flexibility index (Phi) is 2.66. The molecule has 2 N–H and O–H groups in total. The van der Waals surface area contributed by atoms with Crippen LogP contribution in [0.3, 0.4) is 0 Å². The van der Waals surface area contributed by atoms with Crippen molar-refractivity contribution in [2.75, 3.05) is 12.4 Å². The summed E-state index contributed by atoms with van der Waals surface area (Å²) in [6.07, 6.45) is 1.05. The molecule has 0 saturated carbocycles. The molecule has 76 valence electrons. The molecule has 0 aromatic heterocycles. The molecule has 2 rings (SSSR count). The first-order valence-electron chi connectivity index (χ1n) is 4.93. The van der Waals surface area contributed by atoms with Crippen LogP contribution in [0.1, 0.15) is 12.5 Å². The van der Waals surface area contributed by atoms with Gasteiger partial charge in [0.05, 0.1) is 10.7 Å². The summed E-state index contributed by atoms with van der Waals surface area (Å²) in [4.78, 5) is 0. The number of benzene rings is 1. The molecular weight excluding hydrogens is 196 g/mol. The highest BCUT2D eigenvalue weighted by molar-refractivity contribution is 6.33. The Morgan fingerprint density at radius 1 is 1.57 bits per heavy atom. The molecule has 2 nitrogen and oxygen atoms in total. The SMILES string of the molecule is CNC(C)C1Cc2cccc(Cl)c2N1. The van der Waals surface area contributed by atoms with Gasteiger partial charge in [-0.1, -0.05) is 23.7 Å². The molecule has 0 radical (unpaired) electrons. The van der Waals surface area contributed by atoms with Crippen molar-refractivity contribution < 1.29 is 0 Å². The lowest BCUT2D eigenvalue weighted by Gasteiger charge is -2.19. The van der Waals surface area contributed by atoms with E-state index in [4.69, 9.17) is 11.6 Å². The summed E-state index contributed by atoms with van der Waals surface area (Å²) in [5.41, 5.74) is 2.44. The lowest BCUT2D eigenvalue weighted by molar-refractivity contribution is 0.527. The number of fused-ring (bicyclic) bond motifs is 1. The van der Waals surface area contributed by atoms with Crippen LogP contribution in [0.15, 0.2) is 18.2 Å². The lowest BCUT2D eigenvalue weighted by Crippen LogP contribution is -2.38. The molecule has 0 amide bonds. The van der Waals surface area contributed by atoms with Gasteiger partial charge >= 0.3 is 0 Å². The zero-order valence-electron chi connectivity index (χ0n) is 8.47. The van der Waals surface area contributed by atoms with Crippen LogP contribution in [0.5, 0.6) is 0 Å². The van der Waals surface area contributed by atoms with Gasteiger partial charge in [0.1, 0.15) is 0 Å². The maximum absolute atomic E-state index is 6.10.